The van der Waals surface area contributed by atoms with Crippen molar-refractivity contribution in [3.8, 4) is 0 Å². The first-order valence-corrected chi connectivity index (χ1v) is 5.46. The van der Waals surface area contributed by atoms with E-state index in [-0.39, 0.29) is 17.4 Å². The van der Waals surface area contributed by atoms with Gasteiger partial charge in [-0.15, -0.1) is 0 Å². The van der Waals surface area contributed by atoms with Crippen LogP contribution in [0.15, 0.2) is 0 Å². The first-order chi connectivity index (χ1) is 6.75. The van der Waals surface area contributed by atoms with Crippen molar-refractivity contribution in [2.24, 2.45) is 11.1 Å². The highest BCUT2D eigenvalue weighted by Crippen LogP contribution is 2.17. The van der Waals surface area contributed by atoms with Gasteiger partial charge in [0.2, 0.25) is 5.91 Å². The van der Waals surface area contributed by atoms with Crippen LogP contribution in [-0.2, 0) is 4.79 Å². The molecule has 0 aliphatic rings. The number of carbonyl (C=O) groups excluding carboxylic acids is 1. The number of hydrogen-bond donors (Lipinski definition) is 3. The quantitative estimate of drug-likeness (QED) is 0.590. The molecule has 0 aliphatic carbocycles. The van der Waals surface area contributed by atoms with E-state index >= 15 is 0 Å². The van der Waals surface area contributed by atoms with E-state index in [4.69, 9.17) is 10.8 Å². The topological polar surface area (TPSA) is 75.3 Å². The fraction of sp³-hybridized carbons (Fsp3) is 0.909. The third kappa shape index (κ3) is 6.47. The molecule has 0 rings (SSSR count). The van der Waals surface area contributed by atoms with Crippen molar-refractivity contribution in [2.75, 3.05) is 6.54 Å². The van der Waals surface area contributed by atoms with E-state index in [2.05, 4.69) is 5.32 Å². The third-order valence-electron chi connectivity index (χ3n) is 2.31. The lowest BCUT2D eigenvalue weighted by atomic mass is 9.87. The maximum absolute atomic E-state index is 11.5. The molecule has 0 aromatic rings. The lowest BCUT2D eigenvalue weighted by Gasteiger charge is -2.25. The number of rotatable bonds is 5. The number of amides is 1. The van der Waals surface area contributed by atoms with Crippen LogP contribution < -0.4 is 11.1 Å². The van der Waals surface area contributed by atoms with Gasteiger partial charge in [0.1, 0.15) is 0 Å². The molecule has 1 unspecified atom stereocenters. The molecule has 0 aromatic heterocycles. The Morgan fingerprint density at radius 2 is 2.00 bits per heavy atom. The maximum atomic E-state index is 11.5. The van der Waals surface area contributed by atoms with E-state index in [0.29, 0.717) is 13.0 Å². The summed E-state index contributed by atoms with van der Waals surface area (Å²) >= 11 is 0. The average Bonchev–Trinajstić information content (AvgIpc) is 2.09. The van der Waals surface area contributed by atoms with Crippen molar-refractivity contribution in [1.29, 1.82) is 0 Å². The minimum absolute atomic E-state index is 0.118. The lowest BCUT2D eigenvalue weighted by Crippen LogP contribution is -2.48. The fourth-order valence-electron chi connectivity index (χ4n) is 1.11. The number of aliphatic hydroxyl groups is 1. The van der Waals surface area contributed by atoms with E-state index in [1.54, 1.807) is 6.92 Å². The Morgan fingerprint density at radius 1 is 1.47 bits per heavy atom. The van der Waals surface area contributed by atoms with Crippen LogP contribution in [0.1, 0.15) is 40.5 Å². The van der Waals surface area contributed by atoms with Crippen molar-refractivity contribution in [1.82, 2.24) is 5.32 Å². The summed E-state index contributed by atoms with van der Waals surface area (Å²) in [6, 6.07) is -0.482. The molecule has 0 saturated heterocycles. The van der Waals surface area contributed by atoms with Crippen LogP contribution >= 0.6 is 0 Å². The molecular weight excluding hydrogens is 192 g/mol. The zero-order valence-corrected chi connectivity index (χ0v) is 10.2. The summed E-state index contributed by atoms with van der Waals surface area (Å²) in [6.45, 7) is 8.13. The predicted molar refractivity (Wildman–Crippen MR) is 61.4 cm³/mol. The summed E-state index contributed by atoms with van der Waals surface area (Å²) in [5, 5.41) is 11.8. The molecule has 90 valence electrons. The Balaban J connectivity index is 3.75. The highest BCUT2D eigenvalue weighted by molar-refractivity contribution is 5.82. The largest absolute Gasteiger partial charge is 0.393 e. The second kappa shape index (κ2) is 6.08. The Morgan fingerprint density at radius 3 is 2.40 bits per heavy atom. The molecule has 0 radical (unpaired) electrons. The van der Waals surface area contributed by atoms with E-state index in [1.165, 1.54) is 0 Å². The molecule has 0 heterocycles. The zero-order chi connectivity index (χ0) is 12.1. The summed E-state index contributed by atoms with van der Waals surface area (Å²) in [7, 11) is 0. The van der Waals surface area contributed by atoms with Crippen LogP contribution in [0.2, 0.25) is 0 Å². The Labute approximate surface area is 92.2 Å². The molecule has 0 bridgehead atoms. The highest BCUT2D eigenvalue weighted by atomic mass is 16.3. The third-order valence-corrected chi connectivity index (χ3v) is 2.31. The minimum atomic E-state index is -0.482. The van der Waals surface area contributed by atoms with Gasteiger partial charge in [-0.3, -0.25) is 4.79 Å². The molecule has 0 aliphatic heterocycles. The van der Waals surface area contributed by atoms with Crippen molar-refractivity contribution in [3.05, 3.63) is 0 Å². The van der Waals surface area contributed by atoms with Gasteiger partial charge >= 0.3 is 0 Å². The number of hydrogen-bond acceptors (Lipinski definition) is 3. The summed E-state index contributed by atoms with van der Waals surface area (Å²) < 4.78 is 0. The van der Waals surface area contributed by atoms with Crippen molar-refractivity contribution < 1.29 is 9.90 Å². The molecule has 1 amide bonds. The second-order valence-corrected chi connectivity index (χ2v) is 5.13. The van der Waals surface area contributed by atoms with Gasteiger partial charge in [-0.25, -0.2) is 0 Å². The van der Waals surface area contributed by atoms with E-state index in [1.807, 2.05) is 20.8 Å². The second-order valence-electron chi connectivity index (χ2n) is 5.13. The van der Waals surface area contributed by atoms with Crippen molar-refractivity contribution in [2.45, 2.75) is 52.7 Å². The molecule has 4 heteroatoms. The summed E-state index contributed by atoms with van der Waals surface area (Å²) in [5.74, 6) is -0.118. The molecule has 0 spiro atoms. The van der Waals surface area contributed by atoms with Gasteiger partial charge in [-0.1, -0.05) is 20.8 Å². The van der Waals surface area contributed by atoms with Crippen LogP contribution in [0.5, 0.6) is 0 Å². The van der Waals surface area contributed by atoms with Gasteiger partial charge in [0.25, 0.3) is 0 Å². The molecule has 15 heavy (non-hydrogen) atoms. The smallest absolute Gasteiger partial charge is 0.237 e. The zero-order valence-electron chi connectivity index (χ0n) is 10.2. The molecule has 4 nitrogen and oxygen atoms in total. The Hall–Kier alpha value is -0.610. The number of aliphatic hydroxyl groups excluding tert-OH is 1. The summed E-state index contributed by atoms with van der Waals surface area (Å²) in [4.78, 5) is 11.5. The molecule has 4 N–H and O–H groups in total. The van der Waals surface area contributed by atoms with Gasteiger partial charge in [0.15, 0.2) is 0 Å². The molecule has 0 fully saturated rings. The maximum Gasteiger partial charge on any atom is 0.237 e. The van der Waals surface area contributed by atoms with Crippen LogP contribution in [-0.4, -0.2) is 29.7 Å². The van der Waals surface area contributed by atoms with Gasteiger partial charge in [0.05, 0.1) is 12.1 Å². The molecular formula is C11H24N2O2. The van der Waals surface area contributed by atoms with Crippen LogP contribution in [0.25, 0.3) is 0 Å². The van der Waals surface area contributed by atoms with Gasteiger partial charge in [-0.05, 0) is 25.2 Å². The summed E-state index contributed by atoms with van der Waals surface area (Å²) in [5.41, 5.74) is 5.56. The van der Waals surface area contributed by atoms with Crippen molar-refractivity contribution >= 4 is 5.91 Å². The standard InChI is InChI=1S/C11H24N2O2/c1-8(14)6-5-7-13-10(15)9(12)11(2,3)4/h8-9,14H,5-7,12H2,1-4H3,(H,13,15)/t8?,9-/m1/s1. The summed E-state index contributed by atoms with van der Waals surface area (Å²) in [6.07, 6.45) is 1.17. The van der Waals surface area contributed by atoms with Crippen LogP contribution in [0, 0.1) is 5.41 Å². The van der Waals surface area contributed by atoms with E-state index in [0.717, 1.165) is 6.42 Å². The fourth-order valence-corrected chi connectivity index (χ4v) is 1.11. The monoisotopic (exact) mass is 216 g/mol. The molecule has 0 saturated carbocycles. The van der Waals surface area contributed by atoms with Crippen molar-refractivity contribution in [3.63, 3.8) is 0 Å². The van der Waals surface area contributed by atoms with Crippen LogP contribution in [0.4, 0.5) is 0 Å². The van der Waals surface area contributed by atoms with Gasteiger partial charge < -0.3 is 16.2 Å². The molecule has 2 atom stereocenters. The molecule has 0 aromatic carbocycles. The normalized spacial score (nSPS) is 15.9. The SMILES string of the molecule is CC(O)CCCNC(=O)[C@@H](N)C(C)(C)C. The van der Waals surface area contributed by atoms with Crippen LogP contribution in [0.3, 0.4) is 0 Å². The van der Waals surface area contributed by atoms with E-state index < -0.39 is 6.04 Å². The van der Waals surface area contributed by atoms with Gasteiger partial charge in [0, 0.05) is 6.54 Å². The first kappa shape index (κ1) is 14.4. The average molecular weight is 216 g/mol. The Kier molecular flexibility index (Phi) is 5.83. The minimum Gasteiger partial charge on any atom is -0.393 e. The lowest BCUT2D eigenvalue weighted by molar-refractivity contribution is -0.124. The van der Waals surface area contributed by atoms with Gasteiger partial charge in [-0.2, -0.15) is 0 Å². The highest BCUT2D eigenvalue weighted by Gasteiger charge is 2.26. The first-order valence-electron chi connectivity index (χ1n) is 5.46. The van der Waals surface area contributed by atoms with E-state index in [9.17, 15) is 4.79 Å². The predicted octanol–water partition coefficient (Wildman–Crippen LogP) is 0.637. The number of nitrogens with one attached hydrogen (secondary N) is 1. The number of carbonyl (C=O) groups is 1. The Bertz CT molecular complexity index is 197. The number of nitrogens with two attached hydrogens (primary N) is 1.